The van der Waals surface area contributed by atoms with Gasteiger partial charge in [0, 0.05) is 23.8 Å². The maximum Gasteiger partial charge on any atom is 0.417 e. The molecule has 2 rings (SSSR count). The van der Waals surface area contributed by atoms with Crippen molar-refractivity contribution in [3.8, 4) is 0 Å². The van der Waals surface area contributed by atoms with Crippen molar-refractivity contribution in [2.75, 3.05) is 0 Å². The molecule has 5 heteroatoms. The first kappa shape index (κ1) is 10.6. The van der Waals surface area contributed by atoms with Crippen molar-refractivity contribution in [2.24, 2.45) is 5.73 Å². The summed E-state index contributed by atoms with van der Waals surface area (Å²) in [7, 11) is 0. The van der Waals surface area contributed by atoms with Crippen molar-refractivity contribution in [3.63, 3.8) is 0 Å². The zero-order valence-corrected chi connectivity index (χ0v) is 8.92. The number of carbonyl (C=O) groups is 1. The molecular weight excluding hydrogens is 206 g/mol. The molecule has 0 aromatic carbocycles. The summed E-state index contributed by atoms with van der Waals surface area (Å²) in [4.78, 5) is 15.1. The normalized spacial score (nSPS) is 12.9. The highest BCUT2D eigenvalue weighted by molar-refractivity contribution is 5.88. The summed E-state index contributed by atoms with van der Waals surface area (Å²) in [5.41, 5.74) is 7.10. The van der Waals surface area contributed by atoms with E-state index in [1.165, 1.54) is 0 Å². The highest BCUT2D eigenvalue weighted by Gasteiger charge is 2.13. The topological polar surface area (TPSA) is 81.1 Å². The molecule has 2 aromatic rings. The van der Waals surface area contributed by atoms with Crippen LogP contribution in [0, 0.1) is 0 Å². The Labute approximate surface area is 92.5 Å². The lowest BCUT2D eigenvalue weighted by Crippen LogP contribution is -2.17. The first-order valence-corrected chi connectivity index (χ1v) is 5.03. The Balaban J connectivity index is 2.62. The number of nitrogens with two attached hydrogens (primary N) is 1. The van der Waals surface area contributed by atoms with Crippen LogP contribution in [0.1, 0.15) is 12.5 Å². The Morgan fingerprint density at radius 2 is 2.44 bits per heavy atom. The Bertz CT molecular complexity index is 531. The van der Waals surface area contributed by atoms with Crippen LogP contribution >= 0.6 is 0 Å². The maximum absolute atomic E-state index is 11.0. The van der Waals surface area contributed by atoms with E-state index < -0.39 is 6.09 Å². The van der Waals surface area contributed by atoms with E-state index in [-0.39, 0.29) is 6.04 Å². The van der Waals surface area contributed by atoms with Crippen molar-refractivity contribution >= 4 is 17.1 Å². The fourth-order valence-corrected chi connectivity index (χ4v) is 1.78. The molecule has 0 bridgehead atoms. The van der Waals surface area contributed by atoms with Gasteiger partial charge in [-0.05, 0) is 31.0 Å². The van der Waals surface area contributed by atoms with E-state index in [4.69, 9.17) is 10.8 Å². The summed E-state index contributed by atoms with van der Waals surface area (Å²) < 4.78 is 1.13. The van der Waals surface area contributed by atoms with Gasteiger partial charge in [-0.1, -0.05) is 0 Å². The lowest BCUT2D eigenvalue weighted by Gasteiger charge is -2.01. The van der Waals surface area contributed by atoms with E-state index >= 15 is 0 Å². The van der Waals surface area contributed by atoms with Gasteiger partial charge in [-0.2, -0.15) is 0 Å². The predicted molar refractivity (Wildman–Crippen MR) is 60.5 cm³/mol. The number of aromatic nitrogens is 2. The molecule has 0 aliphatic rings. The average Bonchev–Trinajstić information content (AvgIpc) is 2.57. The van der Waals surface area contributed by atoms with E-state index in [1.54, 1.807) is 18.5 Å². The Hall–Kier alpha value is -1.88. The van der Waals surface area contributed by atoms with E-state index in [2.05, 4.69) is 4.98 Å². The van der Waals surface area contributed by atoms with E-state index in [1.807, 2.05) is 13.0 Å². The van der Waals surface area contributed by atoms with Crippen molar-refractivity contribution in [1.29, 1.82) is 0 Å². The van der Waals surface area contributed by atoms with Gasteiger partial charge in [0.05, 0.1) is 0 Å². The maximum atomic E-state index is 11.0. The van der Waals surface area contributed by atoms with Gasteiger partial charge in [0.2, 0.25) is 0 Å². The summed E-state index contributed by atoms with van der Waals surface area (Å²) in [5.74, 6) is 0. The molecule has 0 unspecified atom stereocenters. The predicted octanol–water partition coefficient (Wildman–Crippen LogP) is 1.45. The van der Waals surface area contributed by atoms with Crippen LogP contribution in [0.25, 0.3) is 11.0 Å². The fraction of sp³-hybridized carbons (Fsp3) is 0.273. The molecular formula is C11H13N3O2. The number of hydrogen-bond acceptors (Lipinski definition) is 3. The van der Waals surface area contributed by atoms with E-state index in [0.29, 0.717) is 12.1 Å². The molecule has 0 aliphatic heterocycles. The number of pyridine rings is 1. The van der Waals surface area contributed by atoms with Crippen LogP contribution in [-0.2, 0) is 6.42 Å². The smallest absolute Gasteiger partial charge is 0.417 e. The molecule has 84 valence electrons. The molecule has 0 fully saturated rings. The zero-order chi connectivity index (χ0) is 11.7. The molecule has 2 aromatic heterocycles. The van der Waals surface area contributed by atoms with Gasteiger partial charge in [-0.15, -0.1) is 0 Å². The van der Waals surface area contributed by atoms with Gasteiger partial charge < -0.3 is 10.8 Å². The molecule has 5 nitrogen and oxygen atoms in total. The Morgan fingerprint density at radius 3 is 3.06 bits per heavy atom. The lowest BCUT2D eigenvalue weighted by atomic mass is 10.1. The standard InChI is InChI=1S/C11H13N3O2/c1-7(12)5-8-6-14(11(15)16)10-9(8)3-2-4-13-10/h2-4,6-7H,5,12H2,1H3,(H,15,16)/t7-/m1/s1. The second-order valence-electron chi connectivity index (χ2n) is 3.86. The van der Waals surface area contributed by atoms with Crippen molar-refractivity contribution in [2.45, 2.75) is 19.4 Å². The molecule has 16 heavy (non-hydrogen) atoms. The quantitative estimate of drug-likeness (QED) is 0.801. The van der Waals surface area contributed by atoms with Crippen molar-refractivity contribution in [1.82, 2.24) is 9.55 Å². The van der Waals surface area contributed by atoms with Crippen LogP contribution in [0.15, 0.2) is 24.5 Å². The molecule has 1 atom stereocenters. The summed E-state index contributed by atoms with van der Waals surface area (Å²) in [5, 5.41) is 9.87. The number of nitrogens with zero attached hydrogens (tertiary/aromatic N) is 2. The van der Waals surface area contributed by atoms with Gasteiger partial charge >= 0.3 is 6.09 Å². The highest BCUT2D eigenvalue weighted by atomic mass is 16.4. The average molecular weight is 219 g/mol. The van der Waals surface area contributed by atoms with E-state index in [0.717, 1.165) is 15.5 Å². The van der Waals surface area contributed by atoms with Crippen molar-refractivity contribution in [3.05, 3.63) is 30.1 Å². The summed E-state index contributed by atoms with van der Waals surface area (Å²) in [6.45, 7) is 1.89. The lowest BCUT2D eigenvalue weighted by molar-refractivity contribution is 0.197. The molecule has 0 spiro atoms. The molecule has 0 aliphatic carbocycles. The van der Waals surface area contributed by atoms with Gasteiger partial charge in [0.25, 0.3) is 0 Å². The molecule has 0 radical (unpaired) electrons. The van der Waals surface area contributed by atoms with Gasteiger partial charge in [0.15, 0.2) is 0 Å². The number of hydrogen-bond donors (Lipinski definition) is 2. The van der Waals surface area contributed by atoms with Crippen LogP contribution < -0.4 is 5.73 Å². The number of rotatable bonds is 2. The van der Waals surface area contributed by atoms with Gasteiger partial charge in [-0.3, -0.25) is 0 Å². The fourth-order valence-electron chi connectivity index (χ4n) is 1.78. The van der Waals surface area contributed by atoms with Crippen LogP contribution in [-0.4, -0.2) is 26.8 Å². The van der Waals surface area contributed by atoms with Crippen molar-refractivity contribution < 1.29 is 9.90 Å². The van der Waals surface area contributed by atoms with Crippen LogP contribution in [0.5, 0.6) is 0 Å². The summed E-state index contributed by atoms with van der Waals surface area (Å²) >= 11 is 0. The zero-order valence-electron chi connectivity index (χ0n) is 8.92. The van der Waals surface area contributed by atoms with E-state index in [9.17, 15) is 4.79 Å². The van der Waals surface area contributed by atoms with Gasteiger partial charge in [-0.25, -0.2) is 14.3 Å². The second kappa shape index (κ2) is 3.94. The highest BCUT2D eigenvalue weighted by Crippen LogP contribution is 2.20. The Kier molecular flexibility index (Phi) is 2.62. The summed E-state index contributed by atoms with van der Waals surface area (Å²) in [6.07, 6.45) is 2.78. The minimum Gasteiger partial charge on any atom is -0.464 e. The molecule has 3 N–H and O–H groups in total. The first-order valence-electron chi connectivity index (χ1n) is 5.03. The SMILES string of the molecule is C[C@@H](N)Cc1cn(C(=O)O)c2ncccc12. The molecule has 0 amide bonds. The largest absolute Gasteiger partial charge is 0.464 e. The monoisotopic (exact) mass is 219 g/mol. The van der Waals surface area contributed by atoms with Gasteiger partial charge in [0.1, 0.15) is 5.65 Å². The number of fused-ring (bicyclic) bond motifs is 1. The second-order valence-corrected chi connectivity index (χ2v) is 3.86. The number of carboxylic acid groups (broad SMARTS) is 1. The molecule has 2 heterocycles. The minimum atomic E-state index is -1.03. The summed E-state index contributed by atoms with van der Waals surface area (Å²) in [6, 6.07) is 3.65. The first-order chi connectivity index (χ1) is 7.59. The third-order valence-electron chi connectivity index (χ3n) is 2.39. The molecule has 0 saturated carbocycles. The minimum absolute atomic E-state index is 0.00643. The van der Waals surface area contributed by atoms with Crippen LogP contribution in [0.4, 0.5) is 4.79 Å². The van der Waals surface area contributed by atoms with Crippen LogP contribution in [0.2, 0.25) is 0 Å². The van der Waals surface area contributed by atoms with Crippen LogP contribution in [0.3, 0.4) is 0 Å². The third-order valence-corrected chi connectivity index (χ3v) is 2.39. The third kappa shape index (κ3) is 1.77. The Morgan fingerprint density at radius 1 is 1.69 bits per heavy atom. The molecule has 0 saturated heterocycles.